The van der Waals surface area contributed by atoms with Crippen LogP contribution in [-0.4, -0.2) is 33.4 Å². The fourth-order valence-electron chi connectivity index (χ4n) is 2.29. The van der Waals surface area contributed by atoms with Crippen molar-refractivity contribution in [2.45, 2.75) is 32.9 Å². The van der Waals surface area contributed by atoms with E-state index in [1.807, 2.05) is 19.9 Å². The lowest BCUT2D eigenvalue weighted by Gasteiger charge is -2.14. The van der Waals surface area contributed by atoms with Gasteiger partial charge >= 0.3 is 0 Å². The largest absolute Gasteiger partial charge is 0.391 e. The summed E-state index contributed by atoms with van der Waals surface area (Å²) in [4.78, 5) is 24.1. The van der Waals surface area contributed by atoms with Crippen molar-refractivity contribution in [3.8, 4) is 0 Å². The van der Waals surface area contributed by atoms with E-state index in [0.717, 1.165) is 10.1 Å². The predicted octanol–water partition coefficient (Wildman–Crippen LogP) is 0.920. The fraction of sp³-hybridized carbons (Fsp3) is 0.438. The minimum Gasteiger partial charge on any atom is -0.391 e. The van der Waals surface area contributed by atoms with Gasteiger partial charge in [-0.25, -0.2) is 4.68 Å². The number of benzene rings is 1. The van der Waals surface area contributed by atoms with Gasteiger partial charge in [0.1, 0.15) is 6.54 Å². The highest BCUT2D eigenvalue weighted by atomic mass is 16.3. The fourth-order valence-corrected chi connectivity index (χ4v) is 2.29. The summed E-state index contributed by atoms with van der Waals surface area (Å²) in [7, 11) is 0. The molecule has 1 unspecified atom stereocenters. The highest BCUT2D eigenvalue weighted by Crippen LogP contribution is 2.06. The number of nitrogens with one attached hydrogen (secondary N) is 1. The van der Waals surface area contributed by atoms with Crippen LogP contribution in [0.1, 0.15) is 20.3 Å². The number of fused-ring (bicyclic) bond motifs is 1. The Morgan fingerprint density at radius 2 is 2.09 bits per heavy atom. The van der Waals surface area contributed by atoms with Crippen LogP contribution in [0.5, 0.6) is 0 Å². The summed E-state index contributed by atoms with van der Waals surface area (Å²) in [5.74, 6) is 0.0179. The maximum Gasteiger partial charge on any atom is 0.275 e. The van der Waals surface area contributed by atoms with E-state index >= 15 is 0 Å². The molecule has 0 saturated heterocycles. The quantitative estimate of drug-likeness (QED) is 0.831. The van der Waals surface area contributed by atoms with E-state index < -0.39 is 6.10 Å². The minimum atomic E-state index is -0.578. The Morgan fingerprint density at radius 3 is 2.82 bits per heavy atom. The second-order valence-corrected chi connectivity index (χ2v) is 5.78. The van der Waals surface area contributed by atoms with Gasteiger partial charge in [-0.05, 0) is 18.4 Å². The van der Waals surface area contributed by atoms with Gasteiger partial charge in [0.05, 0.1) is 17.7 Å². The van der Waals surface area contributed by atoms with Gasteiger partial charge in [-0.1, -0.05) is 32.0 Å². The molecular formula is C16H21N3O3. The van der Waals surface area contributed by atoms with Gasteiger partial charge < -0.3 is 10.4 Å². The summed E-state index contributed by atoms with van der Waals surface area (Å²) in [6.07, 6.45) is 1.61. The molecule has 1 atom stereocenters. The third-order valence-corrected chi connectivity index (χ3v) is 3.33. The maximum atomic E-state index is 12.2. The number of rotatable bonds is 6. The molecule has 1 heterocycles. The zero-order valence-electron chi connectivity index (χ0n) is 12.8. The lowest BCUT2D eigenvalue weighted by molar-refractivity contribution is -0.122. The standard InChI is InChI=1S/C16H21N3O3/c1-11(2)7-13(20)9-17-15(21)10-19-16(22)14-6-4-3-5-12(14)8-18-19/h3-6,8,11,13,20H,7,9-10H2,1-2H3,(H,17,21). The Kier molecular flexibility index (Phi) is 5.27. The first-order chi connectivity index (χ1) is 10.5. The van der Waals surface area contributed by atoms with Gasteiger partial charge in [0.25, 0.3) is 5.56 Å². The van der Waals surface area contributed by atoms with Crippen molar-refractivity contribution in [2.24, 2.45) is 5.92 Å². The topological polar surface area (TPSA) is 84.2 Å². The Labute approximate surface area is 128 Å². The first-order valence-electron chi connectivity index (χ1n) is 7.37. The molecule has 1 aromatic heterocycles. The number of carbonyl (C=O) groups is 1. The van der Waals surface area contributed by atoms with Crippen LogP contribution < -0.4 is 10.9 Å². The van der Waals surface area contributed by atoms with Crippen LogP contribution in [-0.2, 0) is 11.3 Å². The average Bonchev–Trinajstić information content (AvgIpc) is 2.48. The highest BCUT2D eigenvalue weighted by molar-refractivity contribution is 5.81. The maximum absolute atomic E-state index is 12.2. The number of carbonyl (C=O) groups excluding carboxylic acids is 1. The number of amides is 1. The van der Waals surface area contributed by atoms with Crippen molar-refractivity contribution in [3.63, 3.8) is 0 Å². The van der Waals surface area contributed by atoms with Crippen LogP contribution in [0.25, 0.3) is 10.8 Å². The second kappa shape index (κ2) is 7.17. The summed E-state index contributed by atoms with van der Waals surface area (Å²) in [5.41, 5.74) is -0.295. The number of aliphatic hydroxyl groups excluding tert-OH is 1. The molecule has 0 bridgehead atoms. The zero-order chi connectivity index (χ0) is 16.1. The summed E-state index contributed by atoms with van der Waals surface area (Å²) < 4.78 is 1.13. The summed E-state index contributed by atoms with van der Waals surface area (Å²) in [6.45, 7) is 4.03. The van der Waals surface area contributed by atoms with Crippen LogP contribution in [0.4, 0.5) is 0 Å². The minimum absolute atomic E-state index is 0.155. The predicted molar refractivity (Wildman–Crippen MR) is 84.5 cm³/mol. The lowest BCUT2D eigenvalue weighted by Crippen LogP contribution is -2.37. The third-order valence-electron chi connectivity index (χ3n) is 3.33. The van der Waals surface area contributed by atoms with Gasteiger partial charge in [-0.15, -0.1) is 0 Å². The Morgan fingerprint density at radius 1 is 1.36 bits per heavy atom. The van der Waals surface area contributed by atoms with Crippen molar-refractivity contribution >= 4 is 16.7 Å². The average molecular weight is 303 g/mol. The zero-order valence-corrected chi connectivity index (χ0v) is 12.8. The lowest BCUT2D eigenvalue weighted by atomic mass is 10.1. The number of nitrogens with zero attached hydrogens (tertiary/aromatic N) is 2. The number of aliphatic hydroxyl groups is 1. The molecule has 1 aromatic carbocycles. The van der Waals surface area contributed by atoms with E-state index in [-0.39, 0.29) is 24.6 Å². The van der Waals surface area contributed by atoms with Gasteiger partial charge in [-0.3, -0.25) is 9.59 Å². The summed E-state index contributed by atoms with van der Waals surface area (Å²) in [5, 5.41) is 17.6. The molecule has 0 spiro atoms. The monoisotopic (exact) mass is 303 g/mol. The molecule has 0 aliphatic carbocycles. The summed E-state index contributed by atoms with van der Waals surface area (Å²) >= 11 is 0. The molecule has 118 valence electrons. The first-order valence-corrected chi connectivity index (χ1v) is 7.37. The van der Waals surface area contributed by atoms with Crippen molar-refractivity contribution in [3.05, 3.63) is 40.8 Å². The van der Waals surface area contributed by atoms with Gasteiger partial charge in [0.2, 0.25) is 5.91 Å². The van der Waals surface area contributed by atoms with E-state index in [1.165, 1.54) is 0 Å². The molecule has 0 saturated carbocycles. The normalized spacial score (nSPS) is 12.5. The van der Waals surface area contributed by atoms with Crippen LogP contribution in [0, 0.1) is 5.92 Å². The van der Waals surface area contributed by atoms with Crippen molar-refractivity contribution in [1.82, 2.24) is 15.1 Å². The van der Waals surface area contributed by atoms with E-state index in [0.29, 0.717) is 17.7 Å². The molecule has 2 rings (SSSR count). The Bertz CT molecular complexity index is 709. The van der Waals surface area contributed by atoms with Gasteiger partial charge in [-0.2, -0.15) is 5.10 Å². The number of hydrogen-bond acceptors (Lipinski definition) is 4. The highest BCUT2D eigenvalue weighted by Gasteiger charge is 2.11. The van der Waals surface area contributed by atoms with E-state index in [9.17, 15) is 14.7 Å². The SMILES string of the molecule is CC(C)CC(O)CNC(=O)Cn1ncc2ccccc2c1=O. The molecule has 6 nitrogen and oxygen atoms in total. The van der Waals surface area contributed by atoms with E-state index in [4.69, 9.17) is 0 Å². The smallest absolute Gasteiger partial charge is 0.275 e. The van der Waals surface area contributed by atoms with Crippen LogP contribution in [0.2, 0.25) is 0 Å². The third kappa shape index (κ3) is 4.14. The van der Waals surface area contributed by atoms with Crippen LogP contribution in [0.3, 0.4) is 0 Å². The first kappa shape index (κ1) is 16.2. The van der Waals surface area contributed by atoms with Gasteiger partial charge in [0.15, 0.2) is 0 Å². The van der Waals surface area contributed by atoms with Crippen molar-refractivity contribution in [2.75, 3.05) is 6.54 Å². The van der Waals surface area contributed by atoms with Crippen LogP contribution in [0.15, 0.2) is 35.3 Å². The van der Waals surface area contributed by atoms with Crippen LogP contribution >= 0.6 is 0 Å². The van der Waals surface area contributed by atoms with E-state index in [2.05, 4.69) is 10.4 Å². The molecule has 0 aliphatic heterocycles. The number of hydrogen-bond donors (Lipinski definition) is 2. The van der Waals surface area contributed by atoms with Crippen molar-refractivity contribution < 1.29 is 9.90 Å². The summed E-state index contributed by atoms with van der Waals surface area (Å²) in [6, 6.07) is 7.11. The molecule has 0 fully saturated rings. The Hall–Kier alpha value is -2.21. The molecule has 0 aliphatic rings. The molecular weight excluding hydrogens is 282 g/mol. The van der Waals surface area contributed by atoms with Crippen molar-refractivity contribution in [1.29, 1.82) is 0 Å². The molecule has 6 heteroatoms. The van der Waals surface area contributed by atoms with Gasteiger partial charge in [0, 0.05) is 11.9 Å². The Balaban J connectivity index is 2.00. The number of aromatic nitrogens is 2. The molecule has 2 aromatic rings. The second-order valence-electron chi connectivity index (χ2n) is 5.78. The molecule has 2 N–H and O–H groups in total. The molecule has 1 amide bonds. The molecule has 0 radical (unpaired) electrons. The van der Waals surface area contributed by atoms with E-state index in [1.54, 1.807) is 24.4 Å². The molecule has 22 heavy (non-hydrogen) atoms.